The molecule has 3 fully saturated rings. The van der Waals surface area contributed by atoms with Gasteiger partial charge in [0.05, 0.1) is 5.92 Å². The standard InChI is InChI=1S/C14H21NO3/c16-13(12(9-1-2-9)10-3-4-10)15-7-5-11(6-8-15)14(17)18/h9-12H,1-8H2,(H,17,18). The van der Waals surface area contributed by atoms with E-state index in [2.05, 4.69) is 0 Å². The van der Waals surface area contributed by atoms with Gasteiger partial charge in [0.1, 0.15) is 0 Å². The van der Waals surface area contributed by atoms with Crippen LogP contribution in [0.1, 0.15) is 38.5 Å². The highest BCUT2D eigenvalue weighted by atomic mass is 16.4. The monoisotopic (exact) mass is 251 g/mol. The van der Waals surface area contributed by atoms with E-state index in [4.69, 9.17) is 5.11 Å². The summed E-state index contributed by atoms with van der Waals surface area (Å²) in [6, 6.07) is 0. The van der Waals surface area contributed by atoms with Crippen LogP contribution in [0, 0.1) is 23.7 Å². The van der Waals surface area contributed by atoms with Gasteiger partial charge in [-0.2, -0.15) is 0 Å². The zero-order valence-electron chi connectivity index (χ0n) is 10.7. The van der Waals surface area contributed by atoms with Crippen molar-refractivity contribution in [3.8, 4) is 0 Å². The lowest BCUT2D eigenvalue weighted by atomic mass is 9.92. The van der Waals surface area contributed by atoms with Gasteiger partial charge in [0.25, 0.3) is 0 Å². The number of aliphatic carboxylic acids is 1. The molecule has 0 aromatic heterocycles. The van der Waals surface area contributed by atoms with Gasteiger partial charge in [-0.3, -0.25) is 9.59 Å². The second kappa shape index (κ2) is 4.56. The first-order valence-corrected chi connectivity index (χ1v) is 7.18. The summed E-state index contributed by atoms with van der Waals surface area (Å²) in [4.78, 5) is 25.3. The van der Waals surface area contributed by atoms with Gasteiger partial charge in [0.2, 0.25) is 5.91 Å². The number of carbonyl (C=O) groups excluding carboxylic acids is 1. The van der Waals surface area contributed by atoms with E-state index in [0.717, 1.165) is 0 Å². The minimum atomic E-state index is -0.706. The molecular weight excluding hydrogens is 230 g/mol. The molecule has 4 nitrogen and oxygen atoms in total. The molecular formula is C14H21NO3. The number of rotatable bonds is 4. The Hall–Kier alpha value is -1.06. The predicted molar refractivity (Wildman–Crippen MR) is 65.9 cm³/mol. The molecule has 18 heavy (non-hydrogen) atoms. The number of hydrogen-bond acceptors (Lipinski definition) is 2. The number of carboxylic acid groups (broad SMARTS) is 1. The highest BCUT2D eigenvalue weighted by molar-refractivity contribution is 5.80. The van der Waals surface area contributed by atoms with Crippen LogP contribution >= 0.6 is 0 Å². The molecule has 3 aliphatic rings. The van der Waals surface area contributed by atoms with E-state index in [1.807, 2.05) is 4.90 Å². The van der Waals surface area contributed by atoms with Crippen molar-refractivity contribution in [3.05, 3.63) is 0 Å². The van der Waals surface area contributed by atoms with E-state index < -0.39 is 5.97 Å². The fourth-order valence-electron chi connectivity index (χ4n) is 3.26. The van der Waals surface area contributed by atoms with E-state index in [1.54, 1.807) is 0 Å². The maximum absolute atomic E-state index is 12.5. The zero-order chi connectivity index (χ0) is 12.7. The van der Waals surface area contributed by atoms with Crippen LogP contribution in [0.25, 0.3) is 0 Å². The highest BCUT2D eigenvalue weighted by Crippen LogP contribution is 2.50. The van der Waals surface area contributed by atoms with Crippen LogP contribution in [0.3, 0.4) is 0 Å². The van der Waals surface area contributed by atoms with Gasteiger partial charge in [-0.05, 0) is 50.4 Å². The van der Waals surface area contributed by atoms with E-state index in [-0.39, 0.29) is 11.8 Å². The number of likely N-dealkylation sites (tertiary alicyclic amines) is 1. The van der Waals surface area contributed by atoms with Crippen molar-refractivity contribution in [2.45, 2.75) is 38.5 Å². The Balaban J connectivity index is 1.58. The minimum Gasteiger partial charge on any atom is -0.481 e. The third-order valence-electron chi connectivity index (χ3n) is 4.70. The molecule has 100 valence electrons. The molecule has 1 saturated heterocycles. The summed E-state index contributed by atoms with van der Waals surface area (Å²) in [5, 5.41) is 8.97. The Morgan fingerprint density at radius 1 is 0.944 bits per heavy atom. The molecule has 2 aliphatic carbocycles. The average Bonchev–Trinajstić information content (AvgIpc) is 3.23. The molecule has 1 amide bonds. The van der Waals surface area contributed by atoms with E-state index in [0.29, 0.717) is 43.7 Å². The Bertz CT molecular complexity index is 340. The molecule has 0 unspecified atom stereocenters. The van der Waals surface area contributed by atoms with Crippen molar-refractivity contribution in [1.29, 1.82) is 0 Å². The van der Waals surface area contributed by atoms with Crippen LogP contribution in [0.5, 0.6) is 0 Å². The molecule has 0 bridgehead atoms. The predicted octanol–water partition coefficient (Wildman–Crippen LogP) is 1.75. The fraction of sp³-hybridized carbons (Fsp3) is 0.857. The maximum atomic E-state index is 12.5. The Labute approximate surface area is 107 Å². The van der Waals surface area contributed by atoms with Gasteiger partial charge < -0.3 is 10.0 Å². The molecule has 0 atom stereocenters. The second-order valence-electron chi connectivity index (χ2n) is 6.14. The van der Waals surface area contributed by atoms with Crippen LogP contribution in [0.4, 0.5) is 0 Å². The largest absolute Gasteiger partial charge is 0.481 e. The molecule has 1 heterocycles. The zero-order valence-corrected chi connectivity index (χ0v) is 10.7. The molecule has 0 radical (unpaired) electrons. The number of piperidine rings is 1. The first kappa shape index (κ1) is 12.0. The van der Waals surface area contributed by atoms with Gasteiger partial charge in [0, 0.05) is 19.0 Å². The molecule has 3 rings (SSSR count). The van der Waals surface area contributed by atoms with Crippen molar-refractivity contribution >= 4 is 11.9 Å². The van der Waals surface area contributed by atoms with Crippen LogP contribution in [0.2, 0.25) is 0 Å². The van der Waals surface area contributed by atoms with Crippen molar-refractivity contribution in [2.24, 2.45) is 23.7 Å². The number of hydrogen-bond donors (Lipinski definition) is 1. The molecule has 1 N–H and O–H groups in total. The van der Waals surface area contributed by atoms with Gasteiger partial charge >= 0.3 is 5.97 Å². The summed E-state index contributed by atoms with van der Waals surface area (Å²) < 4.78 is 0. The number of nitrogens with zero attached hydrogens (tertiary/aromatic N) is 1. The first-order chi connectivity index (χ1) is 8.66. The van der Waals surface area contributed by atoms with Crippen molar-refractivity contribution in [1.82, 2.24) is 4.90 Å². The summed E-state index contributed by atoms with van der Waals surface area (Å²) in [7, 11) is 0. The number of carbonyl (C=O) groups is 2. The van der Waals surface area contributed by atoms with Crippen molar-refractivity contribution < 1.29 is 14.7 Å². The molecule has 0 spiro atoms. The Kier molecular flexibility index (Phi) is 3.04. The van der Waals surface area contributed by atoms with Crippen LogP contribution in [0.15, 0.2) is 0 Å². The lowest BCUT2D eigenvalue weighted by molar-refractivity contribution is -0.147. The molecule has 1 aliphatic heterocycles. The van der Waals surface area contributed by atoms with Gasteiger partial charge in [0.15, 0.2) is 0 Å². The lowest BCUT2D eigenvalue weighted by Gasteiger charge is -2.33. The maximum Gasteiger partial charge on any atom is 0.306 e. The summed E-state index contributed by atoms with van der Waals surface area (Å²) in [5.74, 6) is 0.928. The molecule has 4 heteroatoms. The third kappa shape index (κ3) is 2.38. The normalized spacial score (nSPS) is 25.5. The Morgan fingerprint density at radius 3 is 1.83 bits per heavy atom. The van der Waals surface area contributed by atoms with Crippen molar-refractivity contribution in [3.63, 3.8) is 0 Å². The van der Waals surface area contributed by atoms with Crippen LogP contribution < -0.4 is 0 Å². The van der Waals surface area contributed by atoms with Crippen molar-refractivity contribution in [2.75, 3.05) is 13.1 Å². The van der Waals surface area contributed by atoms with Crippen LogP contribution in [-0.4, -0.2) is 35.0 Å². The quantitative estimate of drug-likeness (QED) is 0.828. The first-order valence-electron chi connectivity index (χ1n) is 7.18. The molecule has 2 saturated carbocycles. The molecule has 0 aromatic rings. The SMILES string of the molecule is O=C(O)C1CCN(C(=O)C(C2CC2)C2CC2)CC1. The summed E-state index contributed by atoms with van der Waals surface area (Å²) >= 11 is 0. The van der Waals surface area contributed by atoms with Gasteiger partial charge in [-0.15, -0.1) is 0 Å². The summed E-state index contributed by atoms with van der Waals surface area (Å²) in [5.41, 5.74) is 0. The van der Waals surface area contributed by atoms with E-state index >= 15 is 0 Å². The summed E-state index contributed by atoms with van der Waals surface area (Å²) in [6.07, 6.45) is 6.14. The average molecular weight is 251 g/mol. The highest BCUT2D eigenvalue weighted by Gasteiger charge is 2.47. The topological polar surface area (TPSA) is 57.6 Å². The molecule has 0 aromatic carbocycles. The smallest absolute Gasteiger partial charge is 0.306 e. The Morgan fingerprint density at radius 2 is 1.44 bits per heavy atom. The van der Waals surface area contributed by atoms with Gasteiger partial charge in [-0.25, -0.2) is 0 Å². The number of amides is 1. The van der Waals surface area contributed by atoms with Crippen LogP contribution in [-0.2, 0) is 9.59 Å². The lowest BCUT2D eigenvalue weighted by Crippen LogP contribution is -2.44. The second-order valence-corrected chi connectivity index (χ2v) is 6.14. The van der Waals surface area contributed by atoms with E-state index in [9.17, 15) is 9.59 Å². The fourth-order valence-corrected chi connectivity index (χ4v) is 3.26. The summed E-state index contributed by atoms with van der Waals surface area (Å²) in [6.45, 7) is 1.29. The van der Waals surface area contributed by atoms with Gasteiger partial charge in [-0.1, -0.05) is 0 Å². The van der Waals surface area contributed by atoms with E-state index in [1.165, 1.54) is 25.7 Å². The minimum absolute atomic E-state index is 0.241. The third-order valence-corrected chi connectivity index (χ3v) is 4.70. The number of carboxylic acids is 1.